The van der Waals surface area contributed by atoms with Crippen LogP contribution < -0.4 is 10.9 Å². The Morgan fingerprint density at radius 3 is 2.67 bits per heavy atom. The molecule has 6 heteroatoms. The van der Waals surface area contributed by atoms with Crippen molar-refractivity contribution < 1.29 is 9.18 Å². The maximum Gasteiger partial charge on any atom is 0.267 e. The van der Waals surface area contributed by atoms with E-state index in [2.05, 4.69) is 10.4 Å². The number of halogens is 1. The molecule has 1 aromatic carbocycles. The fraction of sp³-hybridized carbons (Fsp3) is 0.0833. The Balaban J connectivity index is 2.03. The van der Waals surface area contributed by atoms with Crippen LogP contribution in [0.3, 0.4) is 0 Å². The lowest BCUT2D eigenvalue weighted by Crippen LogP contribution is -2.28. The van der Waals surface area contributed by atoms with Crippen LogP contribution in [0.4, 0.5) is 10.1 Å². The number of nitrogens with zero attached hydrogens (tertiary/aromatic N) is 2. The highest BCUT2D eigenvalue weighted by Crippen LogP contribution is 2.07. The van der Waals surface area contributed by atoms with Crippen LogP contribution in [-0.4, -0.2) is 15.7 Å². The van der Waals surface area contributed by atoms with E-state index in [0.29, 0.717) is 5.69 Å². The first-order chi connectivity index (χ1) is 8.65. The van der Waals surface area contributed by atoms with Gasteiger partial charge in [-0.3, -0.25) is 9.59 Å². The van der Waals surface area contributed by atoms with E-state index in [-0.39, 0.29) is 17.9 Å². The van der Waals surface area contributed by atoms with E-state index in [1.54, 1.807) is 0 Å². The second-order valence-electron chi connectivity index (χ2n) is 3.57. The summed E-state index contributed by atoms with van der Waals surface area (Å²) in [6, 6.07) is 8.17. The number of anilines is 1. The van der Waals surface area contributed by atoms with Crippen molar-refractivity contribution in [1.29, 1.82) is 0 Å². The van der Waals surface area contributed by atoms with Gasteiger partial charge < -0.3 is 5.32 Å². The Morgan fingerprint density at radius 1 is 1.28 bits per heavy atom. The standard InChI is InChI=1S/C12H10FN3O2/c13-9-3-5-10(6-4-9)15-11(17)8-16-12(18)2-1-7-14-16/h1-7H,8H2,(H,15,17). The summed E-state index contributed by atoms with van der Waals surface area (Å²) >= 11 is 0. The van der Waals surface area contributed by atoms with Crippen molar-refractivity contribution in [2.24, 2.45) is 0 Å². The number of benzene rings is 1. The number of hydrogen-bond acceptors (Lipinski definition) is 3. The van der Waals surface area contributed by atoms with Gasteiger partial charge in [0.2, 0.25) is 5.91 Å². The highest BCUT2D eigenvalue weighted by atomic mass is 19.1. The SMILES string of the molecule is O=C(Cn1ncccc1=O)Nc1ccc(F)cc1. The molecule has 18 heavy (non-hydrogen) atoms. The highest BCUT2D eigenvalue weighted by Gasteiger charge is 2.05. The van der Waals surface area contributed by atoms with Crippen molar-refractivity contribution in [3.8, 4) is 0 Å². The molecule has 0 bridgehead atoms. The van der Waals surface area contributed by atoms with Gasteiger partial charge >= 0.3 is 0 Å². The molecule has 0 unspecified atom stereocenters. The molecule has 0 spiro atoms. The van der Waals surface area contributed by atoms with Crippen LogP contribution in [0.25, 0.3) is 0 Å². The second kappa shape index (κ2) is 5.22. The average Bonchev–Trinajstić information content (AvgIpc) is 2.35. The molecule has 0 saturated carbocycles. The van der Waals surface area contributed by atoms with Gasteiger partial charge in [-0.05, 0) is 30.3 Å². The summed E-state index contributed by atoms with van der Waals surface area (Å²) in [6.45, 7) is -0.183. The third-order valence-electron chi connectivity index (χ3n) is 2.21. The maximum absolute atomic E-state index is 12.7. The third-order valence-corrected chi connectivity index (χ3v) is 2.21. The zero-order valence-electron chi connectivity index (χ0n) is 9.34. The Kier molecular flexibility index (Phi) is 3.47. The molecule has 0 saturated heterocycles. The normalized spacial score (nSPS) is 10.1. The highest BCUT2D eigenvalue weighted by molar-refractivity contribution is 5.90. The van der Waals surface area contributed by atoms with Crippen LogP contribution in [0.15, 0.2) is 47.4 Å². The number of aromatic nitrogens is 2. The van der Waals surface area contributed by atoms with Crippen LogP contribution in [-0.2, 0) is 11.3 Å². The van der Waals surface area contributed by atoms with Gasteiger partial charge in [-0.15, -0.1) is 0 Å². The molecule has 1 amide bonds. The summed E-state index contributed by atoms with van der Waals surface area (Å²) in [5.74, 6) is -0.781. The Bertz CT molecular complexity index is 607. The number of nitrogens with one attached hydrogen (secondary N) is 1. The van der Waals surface area contributed by atoms with E-state index in [4.69, 9.17) is 0 Å². The molecular formula is C12H10FN3O2. The van der Waals surface area contributed by atoms with Gasteiger partial charge in [0.15, 0.2) is 0 Å². The third kappa shape index (κ3) is 3.00. The van der Waals surface area contributed by atoms with E-state index in [1.807, 2.05) is 0 Å². The van der Waals surface area contributed by atoms with Crippen LogP contribution in [0.5, 0.6) is 0 Å². The van der Waals surface area contributed by atoms with Gasteiger partial charge in [0.1, 0.15) is 12.4 Å². The number of carbonyl (C=O) groups is 1. The van der Waals surface area contributed by atoms with Gasteiger partial charge in [0.25, 0.3) is 5.56 Å². The Morgan fingerprint density at radius 2 is 2.00 bits per heavy atom. The minimum absolute atomic E-state index is 0.183. The molecule has 1 N–H and O–H groups in total. The predicted octanol–water partition coefficient (Wildman–Crippen LogP) is 1.02. The fourth-order valence-corrected chi connectivity index (χ4v) is 1.38. The largest absolute Gasteiger partial charge is 0.324 e. The average molecular weight is 247 g/mol. The van der Waals surface area contributed by atoms with E-state index >= 15 is 0 Å². The summed E-state index contributed by atoms with van der Waals surface area (Å²) in [7, 11) is 0. The summed E-state index contributed by atoms with van der Waals surface area (Å²) in [5.41, 5.74) is 0.108. The summed E-state index contributed by atoms with van der Waals surface area (Å²) in [5, 5.41) is 6.30. The van der Waals surface area contributed by atoms with E-state index in [9.17, 15) is 14.0 Å². The van der Waals surface area contributed by atoms with Crippen molar-refractivity contribution in [2.75, 3.05) is 5.32 Å². The van der Waals surface area contributed by atoms with Crippen molar-refractivity contribution >= 4 is 11.6 Å². The first-order valence-corrected chi connectivity index (χ1v) is 5.23. The lowest BCUT2D eigenvalue weighted by molar-refractivity contribution is -0.117. The minimum atomic E-state index is -0.401. The molecular weight excluding hydrogens is 237 g/mol. The number of rotatable bonds is 3. The zero-order chi connectivity index (χ0) is 13.0. The molecule has 0 aliphatic heterocycles. The molecule has 0 radical (unpaired) electrons. The first-order valence-electron chi connectivity index (χ1n) is 5.23. The first kappa shape index (κ1) is 12.0. The van der Waals surface area contributed by atoms with Crippen molar-refractivity contribution in [3.63, 3.8) is 0 Å². The van der Waals surface area contributed by atoms with Gasteiger partial charge in [-0.25, -0.2) is 9.07 Å². The van der Waals surface area contributed by atoms with E-state index in [0.717, 1.165) is 4.68 Å². The van der Waals surface area contributed by atoms with E-state index in [1.165, 1.54) is 42.6 Å². The molecule has 2 aromatic rings. The predicted molar refractivity (Wildman–Crippen MR) is 63.5 cm³/mol. The van der Waals surface area contributed by atoms with Gasteiger partial charge in [0, 0.05) is 18.0 Å². The minimum Gasteiger partial charge on any atom is -0.324 e. The maximum atomic E-state index is 12.7. The molecule has 0 aliphatic carbocycles. The molecule has 0 fully saturated rings. The Hall–Kier alpha value is -2.50. The van der Waals surface area contributed by atoms with Crippen molar-refractivity contribution in [2.45, 2.75) is 6.54 Å². The molecule has 0 atom stereocenters. The van der Waals surface area contributed by atoms with Gasteiger partial charge in [-0.1, -0.05) is 0 Å². The number of hydrogen-bond donors (Lipinski definition) is 1. The molecule has 5 nitrogen and oxygen atoms in total. The number of amides is 1. The molecule has 92 valence electrons. The Labute approximate surface area is 102 Å². The molecule has 0 aliphatic rings. The quantitative estimate of drug-likeness (QED) is 0.880. The van der Waals surface area contributed by atoms with Gasteiger partial charge in [0.05, 0.1) is 0 Å². The molecule has 1 heterocycles. The summed E-state index contributed by atoms with van der Waals surface area (Å²) in [4.78, 5) is 22.9. The number of carbonyl (C=O) groups excluding carboxylic acids is 1. The van der Waals surface area contributed by atoms with Crippen molar-refractivity contribution in [3.05, 3.63) is 58.8 Å². The van der Waals surface area contributed by atoms with Crippen LogP contribution in [0.2, 0.25) is 0 Å². The van der Waals surface area contributed by atoms with Gasteiger partial charge in [-0.2, -0.15) is 5.10 Å². The summed E-state index contributed by atoms with van der Waals surface area (Å²) < 4.78 is 13.7. The second-order valence-corrected chi connectivity index (χ2v) is 3.57. The van der Waals surface area contributed by atoms with Crippen LogP contribution in [0.1, 0.15) is 0 Å². The molecule has 1 aromatic heterocycles. The van der Waals surface area contributed by atoms with Crippen molar-refractivity contribution in [1.82, 2.24) is 9.78 Å². The van der Waals surface area contributed by atoms with Crippen LogP contribution >= 0.6 is 0 Å². The lowest BCUT2D eigenvalue weighted by atomic mass is 10.3. The topological polar surface area (TPSA) is 64.0 Å². The fourth-order valence-electron chi connectivity index (χ4n) is 1.38. The monoisotopic (exact) mass is 247 g/mol. The lowest BCUT2D eigenvalue weighted by Gasteiger charge is -2.05. The van der Waals surface area contributed by atoms with Crippen LogP contribution in [0, 0.1) is 5.82 Å². The smallest absolute Gasteiger partial charge is 0.267 e. The molecule has 2 rings (SSSR count). The van der Waals surface area contributed by atoms with E-state index < -0.39 is 5.91 Å². The summed E-state index contributed by atoms with van der Waals surface area (Å²) in [6.07, 6.45) is 1.42. The zero-order valence-corrected chi connectivity index (χ0v) is 9.34.